The van der Waals surface area contributed by atoms with E-state index in [1.165, 1.54) is 0 Å². The highest BCUT2D eigenvalue weighted by molar-refractivity contribution is 5.94. The Morgan fingerprint density at radius 3 is 2.63 bits per heavy atom. The fourth-order valence-electron chi connectivity index (χ4n) is 5.06. The zero-order chi connectivity index (χ0) is 24.6. The van der Waals surface area contributed by atoms with E-state index in [2.05, 4.69) is 15.3 Å². The molecule has 8 nitrogen and oxygen atoms in total. The van der Waals surface area contributed by atoms with Crippen molar-refractivity contribution in [1.82, 2.24) is 15.0 Å². The quantitative estimate of drug-likeness (QED) is 0.486. The van der Waals surface area contributed by atoms with Gasteiger partial charge in [0.15, 0.2) is 0 Å². The average molecular weight is 475 g/mol. The number of rotatable bonds is 6. The van der Waals surface area contributed by atoms with Crippen molar-refractivity contribution in [2.75, 3.05) is 5.32 Å². The first-order chi connectivity index (χ1) is 16.6. The Balaban J connectivity index is 1.40. The molecule has 1 aliphatic heterocycles. The molecule has 1 unspecified atom stereocenters. The molecule has 0 aromatic carbocycles. The minimum Gasteiger partial charge on any atom is -0.474 e. The van der Waals surface area contributed by atoms with Gasteiger partial charge in [-0.1, -0.05) is 6.92 Å². The SMILES string of the molecule is CCC(C)(O)c1cnc(OC2CC2)c2cnc(Nc3ccc4c(n3)C3(CC3)C(C)(C)OC4=O)cc12. The van der Waals surface area contributed by atoms with Crippen LogP contribution in [0.3, 0.4) is 0 Å². The van der Waals surface area contributed by atoms with E-state index in [1.807, 2.05) is 26.8 Å². The third-order valence-corrected chi connectivity index (χ3v) is 7.88. The molecule has 1 atom stereocenters. The van der Waals surface area contributed by atoms with Crippen molar-refractivity contribution in [2.24, 2.45) is 0 Å². The van der Waals surface area contributed by atoms with Gasteiger partial charge in [0.2, 0.25) is 5.88 Å². The van der Waals surface area contributed by atoms with Crippen molar-refractivity contribution < 1.29 is 19.4 Å². The topological polar surface area (TPSA) is 106 Å². The normalized spacial score (nSPS) is 21.2. The molecule has 3 aromatic heterocycles. The van der Waals surface area contributed by atoms with Gasteiger partial charge in [-0.2, -0.15) is 0 Å². The number of hydrogen-bond acceptors (Lipinski definition) is 8. The summed E-state index contributed by atoms with van der Waals surface area (Å²) in [5, 5.41) is 16.0. The summed E-state index contributed by atoms with van der Waals surface area (Å²) in [5.41, 5.74) is 0.185. The van der Waals surface area contributed by atoms with Gasteiger partial charge in [-0.05, 0) is 76.5 Å². The lowest BCUT2D eigenvalue weighted by Crippen LogP contribution is -2.46. The lowest BCUT2D eigenvalue weighted by molar-refractivity contribution is -0.0285. The number of ether oxygens (including phenoxy) is 2. The minimum atomic E-state index is -1.05. The Labute approximate surface area is 204 Å². The van der Waals surface area contributed by atoms with Crippen LogP contribution in [-0.4, -0.2) is 37.7 Å². The van der Waals surface area contributed by atoms with Gasteiger partial charge in [0.1, 0.15) is 23.3 Å². The molecule has 8 heteroatoms. The fraction of sp³-hybridized carbons (Fsp3) is 0.481. The summed E-state index contributed by atoms with van der Waals surface area (Å²) in [4.78, 5) is 26.5. The first-order valence-electron chi connectivity index (χ1n) is 12.3. The number of nitrogens with zero attached hydrogens (tertiary/aromatic N) is 3. The van der Waals surface area contributed by atoms with E-state index in [4.69, 9.17) is 14.5 Å². The molecule has 0 saturated heterocycles. The number of esters is 1. The van der Waals surface area contributed by atoms with Gasteiger partial charge < -0.3 is 19.9 Å². The van der Waals surface area contributed by atoms with E-state index in [-0.39, 0.29) is 17.5 Å². The number of pyridine rings is 3. The molecule has 2 saturated carbocycles. The van der Waals surface area contributed by atoms with Crippen LogP contribution in [0.2, 0.25) is 0 Å². The second-order valence-corrected chi connectivity index (χ2v) is 10.7. The largest absolute Gasteiger partial charge is 0.474 e. The summed E-state index contributed by atoms with van der Waals surface area (Å²) in [7, 11) is 0. The molecule has 0 amide bonds. The van der Waals surface area contributed by atoms with E-state index in [9.17, 15) is 9.90 Å². The van der Waals surface area contributed by atoms with Gasteiger partial charge in [0, 0.05) is 18.0 Å². The van der Waals surface area contributed by atoms with Crippen molar-refractivity contribution in [2.45, 2.75) is 82.5 Å². The molecule has 2 aliphatic carbocycles. The monoisotopic (exact) mass is 474 g/mol. The highest BCUT2D eigenvalue weighted by Crippen LogP contribution is 2.59. The van der Waals surface area contributed by atoms with Crippen molar-refractivity contribution in [3.05, 3.63) is 47.4 Å². The van der Waals surface area contributed by atoms with Crippen LogP contribution in [-0.2, 0) is 15.8 Å². The smallest absolute Gasteiger partial charge is 0.340 e. The number of aromatic nitrogens is 3. The van der Waals surface area contributed by atoms with Crippen LogP contribution in [0, 0.1) is 0 Å². The van der Waals surface area contributed by atoms with Crippen molar-refractivity contribution in [1.29, 1.82) is 0 Å². The molecule has 2 fully saturated rings. The van der Waals surface area contributed by atoms with Gasteiger partial charge in [-0.3, -0.25) is 0 Å². The van der Waals surface area contributed by atoms with Crippen LogP contribution in [0.5, 0.6) is 5.88 Å². The summed E-state index contributed by atoms with van der Waals surface area (Å²) < 4.78 is 11.7. The van der Waals surface area contributed by atoms with Crippen molar-refractivity contribution >= 4 is 28.4 Å². The van der Waals surface area contributed by atoms with E-state index < -0.39 is 11.2 Å². The molecule has 2 N–H and O–H groups in total. The maximum Gasteiger partial charge on any atom is 0.340 e. The Bertz CT molecular complexity index is 1360. The first kappa shape index (κ1) is 22.2. The molecule has 0 radical (unpaired) electrons. The van der Waals surface area contributed by atoms with Gasteiger partial charge >= 0.3 is 5.97 Å². The number of fused-ring (bicyclic) bond motifs is 3. The van der Waals surface area contributed by atoms with E-state index in [0.29, 0.717) is 29.5 Å². The first-order valence-corrected chi connectivity index (χ1v) is 12.3. The predicted octanol–water partition coefficient (Wildman–Crippen LogP) is 4.91. The highest BCUT2D eigenvalue weighted by Gasteiger charge is 2.63. The number of aliphatic hydroxyl groups is 1. The Morgan fingerprint density at radius 1 is 1.17 bits per heavy atom. The van der Waals surface area contributed by atoms with Crippen LogP contribution in [0.15, 0.2) is 30.6 Å². The molecule has 1 spiro atoms. The molecule has 182 valence electrons. The number of nitrogens with one attached hydrogen (secondary N) is 1. The molecule has 4 heterocycles. The van der Waals surface area contributed by atoms with Crippen molar-refractivity contribution in [3.8, 4) is 5.88 Å². The molecule has 6 rings (SSSR count). The van der Waals surface area contributed by atoms with Gasteiger partial charge in [0.25, 0.3) is 0 Å². The fourth-order valence-corrected chi connectivity index (χ4v) is 5.06. The minimum absolute atomic E-state index is 0.200. The molecular formula is C27H30N4O4. The second-order valence-electron chi connectivity index (χ2n) is 10.7. The summed E-state index contributed by atoms with van der Waals surface area (Å²) in [6, 6.07) is 5.46. The number of carbonyl (C=O) groups is 1. The Morgan fingerprint density at radius 2 is 1.94 bits per heavy atom. The van der Waals surface area contributed by atoms with Gasteiger partial charge in [-0.15, -0.1) is 0 Å². The number of carbonyl (C=O) groups excluding carboxylic acids is 1. The summed E-state index contributed by atoms with van der Waals surface area (Å²) >= 11 is 0. The lowest BCUT2D eigenvalue weighted by Gasteiger charge is -2.39. The second kappa shape index (κ2) is 7.37. The summed E-state index contributed by atoms with van der Waals surface area (Å²) in [6.45, 7) is 7.66. The Kier molecular flexibility index (Phi) is 4.68. The molecule has 3 aromatic rings. The van der Waals surface area contributed by atoms with E-state index in [0.717, 1.165) is 47.7 Å². The van der Waals surface area contributed by atoms with Crippen LogP contribution in [0.25, 0.3) is 10.8 Å². The standard InChI is InChI=1S/C27H30N4O4/c1-5-26(4,33)19-14-29-23(34-15-6-7-15)18-13-28-21(12-17(18)19)30-20-9-8-16-22(31-20)27(10-11-27)25(2,3)35-24(16)32/h8-9,12-15,33H,5-7,10-11H2,1-4H3,(H,28,30,31). The predicted molar refractivity (Wildman–Crippen MR) is 131 cm³/mol. The highest BCUT2D eigenvalue weighted by atomic mass is 16.6. The number of hydrogen-bond donors (Lipinski definition) is 2. The van der Waals surface area contributed by atoms with Crippen LogP contribution in [0.1, 0.15) is 81.4 Å². The Hall–Kier alpha value is -3.26. The van der Waals surface area contributed by atoms with Crippen LogP contribution < -0.4 is 10.1 Å². The van der Waals surface area contributed by atoms with E-state index in [1.54, 1.807) is 31.5 Å². The number of cyclic esters (lactones) is 1. The van der Waals surface area contributed by atoms with Crippen LogP contribution >= 0.6 is 0 Å². The number of anilines is 2. The van der Waals surface area contributed by atoms with Gasteiger partial charge in [-0.25, -0.2) is 19.7 Å². The molecule has 3 aliphatic rings. The molecule has 35 heavy (non-hydrogen) atoms. The third kappa shape index (κ3) is 3.54. The summed E-state index contributed by atoms with van der Waals surface area (Å²) in [5.74, 6) is 1.41. The third-order valence-electron chi connectivity index (χ3n) is 7.88. The maximum atomic E-state index is 12.6. The average Bonchev–Trinajstić information content (AvgIpc) is 3.73. The van der Waals surface area contributed by atoms with Crippen molar-refractivity contribution in [3.63, 3.8) is 0 Å². The van der Waals surface area contributed by atoms with Gasteiger partial charge in [0.05, 0.1) is 27.7 Å². The zero-order valence-corrected chi connectivity index (χ0v) is 20.5. The van der Waals surface area contributed by atoms with E-state index >= 15 is 0 Å². The van der Waals surface area contributed by atoms with Crippen LogP contribution in [0.4, 0.5) is 11.6 Å². The lowest BCUT2D eigenvalue weighted by atomic mass is 9.80. The summed E-state index contributed by atoms with van der Waals surface area (Å²) in [6.07, 6.45) is 8.12. The maximum absolute atomic E-state index is 12.6. The molecule has 0 bridgehead atoms. The zero-order valence-electron chi connectivity index (χ0n) is 20.5. The molecular weight excluding hydrogens is 444 g/mol.